The van der Waals surface area contributed by atoms with Crippen molar-refractivity contribution in [2.45, 2.75) is 0 Å². The highest BCUT2D eigenvalue weighted by molar-refractivity contribution is 6.35. The van der Waals surface area contributed by atoms with E-state index in [1.165, 1.54) is 12.3 Å². The molecule has 0 bridgehead atoms. The molecule has 5 rings (SSSR count). The van der Waals surface area contributed by atoms with E-state index in [4.69, 9.17) is 27.9 Å². The van der Waals surface area contributed by atoms with Crippen molar-refractivity contribution in [3.8, 4) is 16.9 Å². The molecular formula is C26H19Cl2F3N4O2. The molecule has 1 aromatic heterocycles. The number of nitrogens with zero attached hydrogens (tertiary/aromatic N) is 3. The highest BCUT2D eigenvalue weighted by atomic mass is 35.5. The maximum atomic E-state index is 15.1. The Balaban J connectivity index is 1.64. The summed E-state index contributed by atoms with van der Waals surface area (Å²) in [5, 5.41) is 0.729. The second-order valence-electron chi connectivity index (χ2n) is 8.49. The van der Waals surface area contributed by atoms with Crippen LogP contribution < -0.4 is 20.1 Å². The van der Waals surface area contributed by atoms with Crippen LogP contribution in [-0.4, -0.2) is 38.1 Å². The molecule has 1 N–H and O–H groups in total. The first-order chi connectivity index (χ1) is 17.7. The Bertz CT molecular complexity index is 1570. The van der Waals surface area contributed by atoms with E-state index in [0.29, 0.717) is 35.7 Å². The number of nitrogens with one attached hydrogen (secondary N) is 1. The van der Waals surface area contributed by atoms with Gasteiger partial charge in [-0.25, -0.2) is 13.2 Å². The molecule has 1 aliphatic rings. The molecule has 2 heterocycles. The van der Waals surface area contributed by atoms with Crippen molar-refractivity contribution < 1.29 is 22.7 Å². The first-order valence-corrected chi connectivity index (χ1v) is 11.9. The largest absolute Gasteiger partial charge is 0.489 e. The Morgan fingerprint density at radius 3 is 2.62 bits per heavy atom. The number of ether oxygens (including phenoxy) is 1. The summed E-state index contributed by atoms with van der Waals surface area (Å²) in [5.41, 5.74) is 3.65. The van der Waals surface area contributed by atoms with E-state index in [9.17, 15) is 13.6 Å². The third-order valence-corrected chi connectivity index (χ3v) is 6.60. The molecule has 0 atom stereocenters. The quantitative estimate of drug-likeness (QED) is 0.242. The predicted octanol–water partition coefficient (Wildman–Crippen LogP) is 6.24. The number of hydrazine groups is 1. The number of amides is 1. The lowest BCUT2D eigenvalue weighted by Gasteiger charge is -2.31. The molecule has 0 unspecified atom stereocenters. The number of carbonyl (C=O) groups is 1. The molecule has 0 fully saturated rings. The van der Waals surface area contributed by atoms with Crippen LogP contribution in [0.25, 0.3) is 22.0 Å². The fraction of sp³-hybridized carbons (Fsp3) is 0.154. The van der Waals surface area contributed by atoms with Gasteiger partial charge in [-0.3, -0.25) is 20.2 Å². The van der Waals surface area contributed by atoms with E-state index in [1.807, 2.05) is 18.2 Å². The van der Waals surface area contributed by atoms with Gasteiger partial charge in [-0.05, 0) is 30.3 Å². The molecule has 0 spiro atoms. The van der Waals surface area contributed by atoms with Crippen LogP contribution in [0.3, 0.4) is 0 Å². The Morgan fingerprint density at radius 1 is 1.11 bits per heavy atom. The van der Waals surface area contributed by atoms with Crippen LogP contribution in [0.15, 0.2) is 48.7 Å². The van der Waals surface area contributed by atoms with Gasteiger partial charge >= 0.3 is 0 Å². The number of hydrogen-bond acceptors (Lipinski definition) is 5. The lowest BCUT2D eigenvalue weighted by atomic mass is 9.98. The molecule has 0 radical (unpaired) electrons. The van der Waals surface area contributed by atoms with Gasteiger partial charge in [0.25, 0.3) is 5.91 Å². The molecule has 190 valence electrons. The molecule has 0 aliphatic carbocycles. The smallest absolute Gasteiger partial charge is 0.273 e. The van der Waals surface area contributed by atoms with Crippen LogP contribution >= 0.6 is 23.2 Å². The number of halogens is 5. The van der Waals surface area contributed by atoms with Crippen LogP contribution in [0.2, 0.25) is 10.0 Å². The van der Waals surface area contributed by atoms with E-state index in [2.05, 4.69) is 10.4 Å². The molecule has 37 heavy (non-hydrogen) atoms. The van der Waals surface area contributed by atoms with Crippen LogP contribution in [0.5, 0.6) is 5.75 Å². The summed E-state index contributed by atoms with van der Waals surface area (Å²) in [6.45, 7) is 0.798. The maximum absolute atomic E-state index is 15.1. The number of anilines is 2. The number of carbonyl (C=O) groups excluding carboxylic acids is 1. The van der Waals surface area contributed by atoms with E-state index in [1.54, 1.807) is 30.1 Å². The summed E-state index contributed by atoms with van der Waals surface area (Å²) in [4.78, 5) is 19.4. The van der Waals surface area contributed by atoms with E-state index in [-0.39, 0.29) is 22.2 Å². The minimum Gasteiger partial charge on any atom is -0.489 e. The van der Waals surface area contributed by atoms with Gasteiger partial charge in [0, 0.05) is 36.8 Å². The number of rotatable bonds is 4. The summed E-state index contributed by atoms with van der Waals surface area (Å²) >= 11 is 11.6. The molecule has 1 aliphatic heterocycles. The first-order valence-electron chi connectivity index (χ1n) is 11.1. The van der Waals surface area contributed by atoms with Gasteiger partial charge in [0.15, 0.2) is 11.6 Å². The predicted molar refractivity (Wildman–Crippen MR) is 138 cm³/mol. The van der Waals surface area contributed by atoms with Crippen LogP contribution in [0.4, 0.5) is 24.5 Å². The zero-order chi connectivity index (χ0) is 26.4. The van der Waals surface area contributed by atoms with Gasteiger partial charge in [-0.2, -0.15) is 0 Å². The lowest BCUT2D eigenvalue weighted by molar-refractivity contribution is 0.0945. The Morgan fingerprint density at radius 2 is 1.86 bits per heavy atom. The average molecular weight is 547 g/mol. The zero-order valence-electron chi connectivity index (χ0n) is 19.6. The normalized spacial score (nSPS) is 12.8. The number of pyridine rings is 1. The minimum absolute atomic E-state index is 0.0506. The number of para-hydroxylation sites is 2. The molecular weight excluding hydrogens is 528 g/mol. The average Bonchev–Trinajstić information content (AvgIpc) is 2.89. The molecule has 4 aromatic rings. The van der Waals surface area contributed by atoms with Crippen molar-refractivity contribution in [3.05, 3.63) is 81.7 Å². The summed E-state index contributed by atoms with van der Waals surface area (Å²) in [6.07, 6.45) is 1.28. The molecule has 0 saturated heterocycles. The van der Waals surface area contributed by atoms with Gasteiger partial charge in [-0.1, -0.05) is 35.3 Å². The highest BCUT2D eigenvalue weighted by Crippen LogP contribution is 2.41. The van der Waals surface area contributed by atoms with Gasteiger partial charge < -0.3 is 9.64 Å². The fourth-order valence-electron chi connectivity index (χ4n) is 4.35. The second kappa shape index (κ2) is 9.64. The minimum atomic E-state index is -1.17. The Kier molecular flexibility index (Phi) is 6.51. The third-order valence-electron chi connectivity index (χ3n) is 5.99. The standard InChI is InChI=1S/C26H19Cl2F3N4O2/c1-34(2)25-13-7-8-17(29)20(14-11-16(27)23(31)21(28)22(14)30)24(13)32-12-15(25)26(36)33-35-9-10-37-19-6-4-3-5-18(19)35/h3-8,11-12H,9-10H2,1-2H3,(H,33,36). The number of benzene rings is 3. The van der Waals surface area contributed by atoms with E-state index in [0.717, 1.165) is 12.1 Å². The number of hydrogen-bond donors (Lipinski definition) is 1. The van der Waals surface area contributed by atoms with Crippen molar-refractivity contribution in [2.75, 3.05) is 37.2 Å². The topological polar surface area (TPSA) is 57.7 Å². The van der Waals surface area contributed by atoms with Gasteiger partial charge in [-0.15, -0.1) is 0 Å². The van der Waals surface area contributed by atoms with Crippen molar-refractivity contribution in [2.24, 2.45) is 0 Å². The zero-order valence-corrected chi connectivity index (χ0v) is 21.1. The van der Waals surface area contributed by atoms with Crippen molar-refractivity contribution in [3.63, 3.8) is 0 Å². The van der Waals surface area contributed by atoms with Gasteiger partial charge in [0.2, 0.25) is 0 Å². The molecule has 0 saturated carbocycles. The van der Waals surface area contributed by atoms with Crippen LogP contribution in [-0.2, 0) is 0 Å². The molecule has 6 nitrogen and oxygen atoms in total. The Labute approximate surface area is 220 Å². The highest BCUT2D eigenvalue weighted by Gasteiger charge is 2.26. The molecule has 11 heteroatoms. The van der Waals surface area contributed by atoms with Crippen molar-refractivity contribution in [1.82, 2.24) is 10.4 Å². The van der Waals surface area contributed by atoms with Gasteiger partial charge in [0.05, 0.1) is 34.0 Å². The SMILES string of the molecule is CN(C)c1c(C(=O)NN2CCOc3ccccc32)cnc2c(-c3cc(Cl)c(F)c(Cl)c3F)c(F)ccc12. The molecule has 3 aromatic carbocycles. The second-order valence-corrected chi connectivity index (χ2v) is 9.28. The maximum Gasteiger partial charge on any atom is 0.273 e. The first kappa shape index (κ1) is 25.0. The fourth-order valence-corrected chi connectivity index (χ4v) is 4.81. The summed E-state index contributed by atoms with van der Waals surface area (Å²) in [7, 11) is 3.43. The Hall–Kier alpha value is -3.69. The van der Waals surface area contributed by atoms with Crippen molar-refractivity contribution in [1.29, 1.82) is 0 Å². The van der Waals surface area contributed by atoms with E-state index < -0.39 is 33.4 Å². The summed E-state index contributed by atoms with van der Waals surface area (Å²) < 4.78 is 49.7. The van der Waals surface area contributed by atoms with Crippen molar-refractivity contribution >= 4 is 51.4 Å². The van der Waals surface area contributed by atoms with E-state index >= 15 is 4.39 Å². The van der Waals surface area contributed by atoms with Crippen LogP contribution in [0, 0.1) is 17.5 Å². The lowest BCUT2D eigenvalue weighted by Crippen LogP contribution is -2.47. The van der Waals surface area contributed by atoms with Gasteiger partial charge in [0.1, 0.15) is 23.2 Å². The summed E-state index contributed by atoms with van der Waals surface area (Å²) in [6, 6.07) is 10.8. The van der Waals surface area contributed by atoms with Crippen LogP contribution in [0.1, 0.15) is 10.4 Å². The number of fused-ring (bicyclic) bond motifs is 2. The monoisotopic (exact) mass is 546 g/mol. The summed E-state index contributed by atoms with van der Waals surface area (Å²) in [5.74, 6) is -2.95. The number of aromatic nitrogens is 1. The molecule has 1 amide bonds. The third kappa shape index (κ3) is 4.28.